The Morgan fingerprint density at radius 1 is 1.45 bits per heavy atom. The van der Waals surface area contributed by atoms with Gasteiger partial charge in [0, 0.05) is 19.3 Å². The maximum Gasteiger partial charge on any atom is 0.0143 e. The third-order valence-electron chi connectivity index (χ3n) is 2.02. The minimum absolute atomic E-state index is 0.789. The number of rotatable bonds is 5. The fourth-order valence-corrected chi connectivity index (χ4v) is 0.870. The first-order valence-corrected chi connectivity index (χ1v) is 4.46. The summed E-state index contributed by atoms with van der Waals surface area (Å²) in [4.78, 5) is 2.21. The van der Waals surface area contributed by atoms with Crippen LogP contribution in [0.5, 0.6) is 0 Å². The van der Waals surface area contributed by atoms with Gasteiger partial charge in [0.25, 0.3) is 0 Å². The van der Waals surface area contributed by atoms with Crippen molar-refractivity contribution in [3.8, 4) is 0 Å². The molecule has 0 saturated heterocycles. The van der Waals surface area contributed by atoms with Crippen LogP contribution >= 0.6 is 0 Å². The monoisotopic (exact) mass is 155 g/mol. The number of nitrogens with zero attached hydrogens (tertiary/aromatic N) is 1. The number of hydrogen-bond acceptors (Lipinski definition) is 1. The van der Waals surface area contributed by atoms with Gasteiger partial charge in [-0.05, 0) is 25.7 Å². The van der Waals surface area contributed by atoms with Crippen molar-refractivity contribution in [1.82, 2.24) is 4.90 Å². The molecule has 66 valence electrons. The van der Waals surface area contributed by atoms with Crippen LogP contribution in [0.3, 0.4) is 0 Å². The van der Waals surface area contributed by atoms with Crippen LogP contribution in [0.4, 0.5) is 0 Å². The molecular weight excluding hydrogens is 134 g/mol. The summed E-state index contributed by atoms with van der Waals surface area (Å²) in [6, 6.07) is 0. The highest BCUT2D eigenvalue weighted by atomic mass is 15.1. The van der Waals surface area contributed by atoms with E-state index in [2.05, 4.69) is 39.3 Å². The molecule has 0 aliphatic heterocycles. The van der Waals surface area contributed by atoms with E-state index in [9.17, 15) is 0 Å². The van der Waals surface area contributed by atoms with Crippen molar-refractivity contribution in [2.24, 2.45) is 5.92 Å². The summed E-state index contributed by atoms with van der Waals surface area (Å²) in [5.41, 5.74) is 1.27. The molecule has 0 aliphatic carbocycles. The zero-order valence-corrected chi connectivity index (χ0v) is 8.35. The lowest BCUT2D eigenvalue weighted by Gasteiger charge is -2.19. The number of hydrogen-bond donors (Lipinski definition) is 0. The zero-order chi connectivity index (χ0) is 8.85. The Morgan fingerprint density at radius 2 is 2.00 bits per heavy atom. The highest BCUT2D eigenvalue weighted by Gasteiger charge is 2.00. The SMILES string of the molecule is C=C(CCC(C)C)N(C)CC. The molecule has 1 nitrogen and oxygen atoms in total. The fourth-order valence-electron chi connectivity index (χ4n) is 0.870. The fraction of sp³-hybridized carbons (Fsp3) is 0.800. The van der Waals surface area contributed by atoms with Crippen LogP contribution in [0, 0.1) is 5.92 Å². The first-order chi connectivity index (χ1) is 5.07. The molecule has 0 saturated carbocycles. The van der Waals surface area contributed by atoms with Crippen molar-refractivity contribution in [2.75, 3.05) is 13.6 Å². The first kappa shape index (κ1) is 10.5. The van der Waals surface area contributed by atoms with E-state index in [0.717, 1.165) is 18.9 Å². The molecule has 0 bridgehead atoms. The summed E-state index contributed by atoms with van der Waals surface area (Å²) in [7, 11) is 2.10. The van der Waals surface area contributed by atoms with Crippen LogP contribution in [0.25, 0.3) is 0 Å². The molecule has 0 radical (unpaired) electrons. The lowest BCUT2D eigenvalue weighted by molar-refractivity contribution is 0.409. The predicted octanol–water partition coefficient (Wildman–Crippen LogP) is 2.89. The van der Waals surface area contributed by atoms with E-state index in [1.54, 1.807) is 0 Å². The molecular formula is C10H21N. The van der Waals surface area contributed by atoms with Gasteiger partial charge in [0.2, 0.25) is 0 Å². The maximum atomic E-state index is 4.02. The van der Waals surface area contributed by atoms with Crippen molar-refractivity contribution >= 4 is 0 Å². The number of allylic oxidation sites excluding steroid dienone is 1. The van der Waals surface area contributed by atoms with E-state index >= 15 is 0 Å². The Kier molecular flexibility index (Phi) is 5.01. The molecule has 0 aromatic carbocycles. The molecule has 0 spiro atoms. The van der Waals surface area contributed by atoms with Gasteiger partial charge in [0.05, 0.1) is 0 Å². The van der Waals surface area contributed by atoms with Crippen LogP contribution in [-0.4, -0.2) is 18.5 Å². The van der Waals surface area contributed by atoms with Crippen LogP contribution < -0.4 is 0 Å². The molecule has 0 heterocycles. The molecule has 11 heavy (non-hydrogen) atoms. The van der Waals surface area contributed by atoms with Gasteiger partial charge in [-0.3, -0.25) is 0 Å². The standard InChI is InChI=1S/C10H21N/c1-6-11(5)10(4)8-7-9(2)3/h9H,4,6-8H2,1-3,5H3. The molecule has 0 rings (SSSR count). The molecule has 1 heteroatoms. The van der Waals surface area contributed by atoms with Crippen LogP contribution in [0.1, 0.15) is 33.6 Å². The third-order valence-corrected chi connectivity index (χ3v) is 2.02. The topological polar surface area (TPSA) is 3.24 Å². The Hall–Kier alpha value is -0.460. The molecule has 0 atom stereocenters. The minimum Gasteiger partial charge on any atom is -0.379 e. The van der Waals surface area contributed by atoms with E-state index in [-0.39, 0.29) is 0 Å². The van der Waals surface area contributed by atoms with Gasteiger partial charge in [0.15, 0.2) is 0 Å². The van der Waals surface area contributed by atoms with E-state index < -0.39 is 0 Å². The summed E-state index contributed by atoms with van der Waals surface area (Å²) in [5.74, 6) is 0.789. The second-order valence-electron chi connectivity index (χ2n) is 3.51. The van der Waals surface area contributed by atoms with Crippen molar-refractivity contribution < 1.29 is 0 Å². The Labute approximate surface area is 71.1 Å². The highest BCUT2D eigenvalue weighted by Crippen LogP contribution is 2.11. The first-order valence-electron chi connectivity index (χ1n) is 4.46. The Morgan fingerprint density at radius 3 is 2.36 bits per heavy atom. The summed E-state index contributed by atoms with van der Waals surface area (Å²) >= 11 is 0. The molecule has 0 fully saturated rings. The third kappa shape index (κ3) is 4.88. The highest BCUT2D eigenvalue weighted by molar-refractivity contribution is 4.91. The molecule has 0 N–H and O–H groups in total. The predicted molar refractivity (Wildman–Crippen MR) is 51.5 cm³/mol. The second-order valence-corrected chi connectivity index (χ2v) is 3.51. The van der Waals surface area contributed by atoms with Gasteiger partial charge in [-0.1, -0.05) is 20.4 Å². The van der Waals surface area contributed by atoms with Gasteiger partial charge in [-0.25, -0.2) is 0 Å². The molecule has 0 amide bonds. The molecule has 0 aliphatic rings. The van der Waals surface area contributed by atoms with Crippen molar-refractivity contribution in [3.05, 3.63) is 12.3 Å². The van der Waals surface area contributed by atoms with E-state index in [0.29, 0.717) is 0 Å². The average Bonchev–Trinajstić information content (AvgIpc) is 1.98. The van der Waals surface area contributed by atoms with Gasteiger partial charge in [-0.15, -0.1) is 0 Å². The van der Waals surface area contributed by atoms with Crippen molar-refractivity contribution in [1.29, 1.82) is 0 Å². The molecule has 0 aromatic heterocycles. The van der Waals surface area contributed by atoms with Gasteiger partial charge >= 0.3 is 0 Å². The lowest BCUT2D eigenvalue weighted by Crippen LogP contribution is -2.16. The summed E-state index contributed by atoms with van der Waals surface area (Å²) in [6.45, 7) is 11.7. The smallest absolute Gasteiger partial charge is 0.0143 e. The van der Waals surface area contributed by atoms with Gasteiger partial charge in [0.1, 0.15) is 0 Å². The lowest BCUT2D eigenvalue weighted by atomic mass is 10.1. The maximum absolute atomic E-state index is 4.02. The van der Waals surface area contributed by atoms with E-state index in [4.69, 9.17) is 0 Å². The quantitative estimate of drug-likeness (QED) is 0.590. The van der Waals surface area contributed by atoms with Crippen molar-refractivity contribution in [3.63, 3.8) is 0 Å². The summed E-state index contributed by atoms with van der Waals surface area (Å²) in [5, 5.41) is 0. The van der Waals surface area contributed by atoms with Gasteiger partial charge in [-0.2, -0.15) is 0 Å². The minimum atomic E-state index is 0.789. The summed E-state index contributed by atoms with van der Waals surface area (Å²) < 4.78 is 0. The molecule has 0 unspecified atom stereocenters. The van der Waals surface area contributed by atoms with Crippen molar-refractivity contribution in [2.45, 2.75) is 33.6 Å². The normalized spacial score (nSPS) is 10.3. The Bertz CT molecular complexity index is 116. The van der Waals surface area contributed by atoms with Crippen LogP contribution in [0.15, 0.2) is 12.3 Å². The van der Waals surface area contributed by atoms with Gasteiger partial charge < -0.3 is 4.90 Å². The van der Waals surface area contributed by atoms with Crippen LogP contribution in [0.2, 0.25) is 0 Å². The average molecular weight is 155 g/mol. The van der Waals surface area contributed by atoms with E-state index in [1.165, 1.54) is 12.1 Å². The summed E-state index contributed by atoms with van der Waals surface area (Å²) in [6.07, 6.45) is 2.39. The zero-order valence-electron chi connectivity index (χ0n) is 8.35. The Balaban J connectivity index is 3.52. The second kappa shape index (κ2) is 5.22. The van der Waals surface area contributed by atoms with E-state index in [1.807, 2.05) is 0 Å². The van der Waals surface area contributed by atoms with Crippen LogP contribution in [-0.2, 0) is 0 Å². The largest absolute Gasteiger partial charge is 0.379 e. The molecule has 0 aromatic rings.